The van der Waals surface area contributed by atoms with Crippen molar-refractivity contribution in [2.45, 2.75) is 65.7 Å². The van der Waals surface area contributed by atoms with E-state index in [1.165, 1.54) is 0 Å². The molecule has 5 heteroatoms. The number of amides is 2. The first kappa shape index (κ1) is 19.9. The molecule has 124 valence electrons. The third-order valence-electron chi connectivity index (χ3n) is 3.22. The molecule has 0 rings (SSSR count). The van der Waals surface area contributed by atoms with Gasteiger partial charge in [-0.3, -0.25) is 9.59 Å². The van der Waals surface area contributed by atoms with Gasteiger partial charge < -0.3 is 16.4 Å². The van der Waals surface area contributed by atoms with Gasteiger partial charge in [-0.25, -0.2) is 0 Å². The summed E-state index contributed by atoms with van der Waals surface area (Å²) in [7, 11) is 0. The molecule has 0 spiro atoms. The van der Waals surface area contributed by atoms with E-state index in [9.17, 15) is 9.59 Å². The molecule has 0 aromatic rings. The average molecular weight is 299 g/mol. The highest BCUT2D eigenvalue weighted by molar-refractivity contribution is 5.76. The van der Waals surface area contributed by atoms with Crippen molar-refractivity contribution in [1.82, 2.24) is 10.6 Å². The predicted molar refractivity (Wildman–Crippen MR) is 86.8 cm³/mol. The fourth-order valence-electron chi connectivity index (χ4n) is 1.86. The summed E-state index contributed by atoms with van der Waals surface area (Å²) in [5.74, 6) is 0.183. The van der Waals surface area contributed by atoms with Crippen molar-refractivity contribution in [2.24, 2.45) is 11.1 Å². The highest BCUT2D eigenvalue weighted by Gasteiger charge is 2.12. The summed E-state index contributed by atoms with van der Waals surface area (Å²) in [5, 5.41) is 5.79. The maximum Gasteiger partial charge on any atom is 0.221 e. The van der Waals surface area contributed by atoms with Crippen LogP contribution in [0.4, 0.5) is 0 Å². The van der Waals surface area contributed by atoms with Crippen LogP contribution in [-0.4, -0.2) is 31.4 Å². The predicted octanol–water partition coefficient (Wildman–Crippen LogP) is 1.95. The lowest BCUT2D eigenvalue weighted by molar-refractivity contribution is -0.122. The Morgan fingerprint density at radius 2 is 1.33 bits per heavy atom. The summed E-state index contributed by atoms with van der Waals surface area (Å²) in [5.41, 5.74) is 5.50. The summed E-state index contributed by atoms with van der Waals surface area (Å²) < 4.78 is 0. The van der Waals surface area contributed by atoms with Crippen molar-refractivity contribution in [3.8, 4) is 0 Å². The van der Waals surface area contributed by atoms with Crippen LogP contribution >= 0.6 is 0 Å². The summed E-state index contributed by atoms with van der Waals surface area (Å²) in [6.07, 6.45) is 6.05. The van der Waals surface area contributed by atoms with E-state index in [1.54, 1.807) is 0 Å². The summed E-state index contributed by atoms with van der Waals surface area (Å²) in [6.45, 7) is 8.31. The van der Waals surface area contributed by atoms with Gasteiger partial charge in [0.05, 0.1) is 0 Å². The SMILES string of the molecule is CC(C)(C)CCC(=O)NCCCCCCNC(=O)CCN. The Bertz CT molecular complexity index is 298. The second-order valence-corrected chi connectivity index (χ2v) is 6.71. The highest BCUT2D eigenvalue weighted by Crippen LogP contribution is 2.20. The van der Waals surface area contributed by atoms with Gasteiger partial charge in [0.25, 0.3) is 0 Å². The number of carbonyl (C=O) groups is 2. The normalized spacial score (nSPS) is 11.2. The number of hydrogen-bond donors (Lipinski definition) is 3. The lowest BCUT2D eigenvalue weighted by Crippen LogP contribution is -2.26. The Balaban J connectivity index is 3.32. The lowest BCUT2D eigenvalue weighted by atomic mass is 9.90. The summed E-state index contributed by atoms with van der Waals surface area (Å²) >= 11 is 0. The Morgan fingerprint density at radius 3 is 1.76 bits per heavy atom. The molecule has 0 aromatic heterocycles. The van der Waals surface area contributed by atoms with E-state index in [2.05, 4.69) is 31.4 Å². The summed E-state index contributed by atoms with van der Waals surface area (Å²) in [4.78, 5) is 22.7. The van der Waals surface area contributed by atoms with Crippen molar-refractivity contribution in [3.63, 3.8) is 0 Å². The minimum atomic E-state index is 0.0311. The third kappa shape index (κ3) is 15.1. The number of hydrogen-bond acceptors (Lipinski definition) is 3. The lowest BCUT2D eigenvalue weighted by Gasteiger charge is -2.17. The van der Waals surface area contributed by atoms with E-state index in [0.717, 1.165) is 45.2 Å². The van der Waals surface area contributed by atoms with Gasteiger partial charge in [0.15, 0.2) is 0 Å². The Labute approximate surface area is 129 Å². The molecule has 0 aliphatic heterocycles. The van der Waals surface area contributed by atoms with Crippen molar-refractivity contribution >= 4 is 11.8 Å². The van der Waals surface area contributed by atoms with Crippen LogP contribution < -0.4 is 16.4 Å². The third-order valence-corrected chi connectivity index (χ3v) is 3.22. The van der Waals surface area contributed by atoms with E-state index in [-0.39, 0.29) is 17.2 Å². The molecule has 0 fully saturated rings. The van der Waals surface area contributed by atoms with E-state index in [0.29, 0.717) is 19.4 Å². The smallest absolute Gasteiger partial charge is 0.221 e. The highest BCUT2D eigenvalue weighted by atomic mass is 16.2. The second-order valence-electron chi connectivity index (χ2n) is 6.71. The molecular weight excluding hydrogens is 266 g/mol. The minimum absolute atomic E-state index is 0.0311. The molecule has 21 heavy (non-hydrogen) atoms. The van der Waals surface area contributed by atoms with Crippen molar-refractivity contribution in [3.05, 3.63) is 0 Å². The van der Waals surface area contributed by atoms with Crippen LogP contribution in [0.2, 0.25) is 0 Å². The van der Waals surface area contributed by atoms with Crippen molar-refractivity contribution in [2.75, 3.05) is 19.6 Å². The van der Waals surface area contributed by atoms with Crippen LogP contribution in [0.5, 0.6) is 0 Å². The number of nitrogens with two attached hydrogens (primary N) is 1. The second kappa shape index (κ2) is 11.5. The van der Waals surface area contributed by atoms with Crippen LogP contribution in [0.15, 0.2) is 0 Å². The monoisotopic (exact) mass is 299 g/mol. The first-order chi connectivity index (χ1) is 9.85. The van der Waals surface area contributed by atoms with Crippen LogP contribution in [0.25, 0.3) is 0 Å². The van der Waals surface area contributed by atoms with Gasteiger partial charge in [-0.15, -0.1) is 0 Å². The quantitative estimate of drug-likeness (QED) is 0.510. The zero-order valence-corrected chi connectivity index (χ0v) is 14.0. The first-order valence-corrected chi connectivity index (χ1v) is 8.08. The molecule has 0 saturated carbocycles. The van der Waals surface area contributed by atoms with Gasteiger partial charge in [-0.05, 0) is 24.7 Å². The van der Waals surface area contributed by atoms with E-state index < -0.39 is 0 Å². The van der Waals surface area contributed by atoms with Crippen LogP contribution in [0.1, 0.15) is 65.7 Å². The Kier molecular flexibility index (Phi) is 10.9. The average Bonchev–Trinajstić information content (AvgIpc) is 2.39. The fraction of sp³-hybridized carbons (Fsp3) is 0.875. The molecule has 0 aromatic carbocycles. The minimum Gasteiger partial charge on any atom is -0.356 e. The maximum absolute atomic E-state index is 11.6. The van der Waals surface area contributed by atoms with Gasteiger partial charge >= 0.3 is 0 Å². The molecule has 0 unspecified atom stereocenters. The molecule has 0 heterocycles. The largest absolute Gasteiger partial charge is 0.356 e. The van der Waals surface area contributed by atoms with Gasteiger partial charge in [0.2, 0.25) is 11.8 Å². The molecule has 5 nitrogen and oxygen atoms in total. The number of rotatable bonds is 11. The van der Waals surface area contributed by atoms with Gasteiger partial charge in [-0.2, -0.15) is 0 Å². The zero-order valence-electron chi connectivity index (χ0n) is 14.0. The molecule has 0 aliphatic carbocycles. The molecule has 0 bridgehead atoms. The molecule has 0 atom stereocenters. The Hall–Kier alpha value is -1.10. The summed E-state index contributed by atoms with van der Waals surface area (Å²) in [6, 6.07) is 0. The van der Waals surface area contributed by atoms with Gasteiger partial charge in [0.1, 0.15) is 0 Å². The fourth-order valence-corrected chi connectivity index (χ4v) is 1.86. The molecular formula is C16H33N3O2. The zero-order chi connectivity index (χ0) is 16.1. The van der Waals surface area contributed by atoms with Crippen LogP contribution in [0.3, 0.4) is 0 Å². The molecule has 0 saturated heterocycles. The van der Waals surface area contributed by atoms with Gasteiger partial charge in [0, 0.05) is 32.5 Å². The van der Waals surface area contributed by atoms with Crippen molar-refractivity contribution in [1.29, 1.82) is 0 Å². The van der Waals surface area contributed by atoms with Crippen LogP contribution in [-0.2, 0) is 9.59 Å². The number of nitrogens with one attached hydrogen (secondary N) is 2. The Morgan fingerprint density at radius 1 is 0.857 bits per heavy atom. The van der Waals surface area contributed by atoms with E-state index >= 15 is 0 Å². The molecule has 4 N–H and O–H groups in total. The van der Waals surface area contributed by atoms with E-state index in [4.69, 9.17) is 5.73 Å². The van der Waals surface area contributed by atoms with Crippen LogP contribution in [0, 0.1) is 5.41 Å². The first-order valence-electron chi connectivity index (χ1n) is 8.08. The van der Waals surface area contributed by atoms with Crippen molar-refractivity contribution < 1.29 is 9.59 Å². The number of unbranched alkanes of at least 4 members (excludes halogenated alkanes) is 3. The van der Waals surface area contributed by atoms with E-state index in [1.807, 2.05) is 0 Å². The molecule has 0 radical (unpaired) electrons. The topological polar surface area (TPSA) is 84.2 Å². The molecule has 0 aliphatic rings. The van der Waals surface area contributed by atoms with Gasteiger partial charge in [-0.1, -0.05) is 33.6 Å². The maximum atomic E-state index is 11.6. The molecule has 2 amide bonds. The number of carbonyl (C=O) groups excluding carboxylic acids is 2. The standard InChI is InChI=1S/C16H33N3O2/c1-16(2,3)10-8-14(20)18-12-6-4-5-7-13-19-15(21)9-11-17/h4-13,17H2,1-3H3,(H,18,20)(H,19,21).